The van der Waals surface area contributed by atoms with E-state index in [4.69, 9.17) is 0 Å². The van der Waals surface area contributed by atoms with Crippen molar-refractivity contribution in [1.29, 1.82) is 0 Å². The van der Waals surface area contributed by atoms with Gasteiger partial charge in [0, 0.05) is 22.9 Å². The molecule has 0 unspecified atom stereocenters. The molecule has 0 saturated heterocycles. The second-order valence-corrected chi connectivity index (χ2v) is 10.0. The topological polar surface area (TPSA) is 17.1 Å². The largest absolute Gasteiger partial charge is 0.416 e. The molecule has 1 aromatic heterocycles. The quantitative estimate of drug-likeness (QED) is 0.236. The van der Waals surface area contributed by atoms with E-state index in [2.05, 4.69) is 97.1 Å². The van der Waals surface area contributed by atoms with Gasteiger partial charge in [-0.25, -0.2) is 0 Å². The molecule has 0 amide bonds. The number of hydrogen-bond donors (Lipinski definition) is 0. The fraction of sp³-hybridized carbons (Fsp3) is 0. The van der Waals surface area contributed by atoms with Gasteiger partial charge in [-0.05, 0) is 67.4 Å². The van der Waals surface area contributed by atoms with E-state index in [1.54, 1.807) is 0 Å². The molecule has 0 aliphatic carbocycles. The van der Waals surface area contributed by atoms with E-state index >= 15 is 0 Å². The Morgan fingerprint density at radius 2 is 0.656 bits per heavy atom. The fourth-order valence-electron chi connectivity index (χ4n) is 5.04. The van der Waals surface area contributed by atoms with Crippen LogP contribution in [-0.2, 0) is 4.57 Å². The van der Waals surface area contributed by atoms with E-state index in [1.165, 1.54) is 21.5 Å². The summed E-state index contributed by atoms with van der Waals surface area (Å²) < 4.78 is 14.1. The van der Waals surface area contributed by atoms with Gasteiger partial charge in [-0.15, -0.1) is 0 Å². The summed E-state index contributed by atoms with van der Waals surface area (Å²) in [5.41, 5.74) is 0. The molecule has 148 valence electrons. The Balaban J connectivity index is 1.87. The fourth-order valence-corrected chi connectivity index (χ4v) is 6.62. The summed E-state index contributed by atoms with van der Waals surface area (Å²) in [6, 6.07) is 38.4. The van der Waals surface area contributed by atoms with Crippen LogP contribution >= 0.6 is 7.41 Å². The van der Waals surface area contributed by atoms with Crippen molar-refractivity contribution in [2.24, 2.45) is 0 Å². The first kappa shape index (κ1) is 17.8. The maximum absolute atomic E-state index is 14.1. The second kappa shape index (κ2) is 6.60. The number of rotatable bonds is 0. The summed E-state index contributed by atoms with van der Waals surface area (Å²) in [5, 5.41) is 13.3. The van der Waals surface area contributed by atoms with Crippen LogP contribution in [0.5, 0.6) is 0 Å². The van der Waals surface area contributed by atoms with Crippen LogP contribution in [0.3, 0.4) is 0 Å². The van der Waals surface area contributed by atoms with Crippen molar-refractivity contribution in [3.05, 3.63) is 109 Å². The van der Waals surface area contributed by atoms with E-state index in [0.717, 1.165) is 42.6 Å². The van der Waals surface area contributed by atoms with Gasteiger partial charge in [0.1, 0.15) is 0 Å². The molecule has 32 heavy (non-hydrogen) atoms. The Labute approximate surface area is 185 Å². The summed E-state index contributed by atoms with van der Waals surface area (Å²) >= 11 is 0. The summed E-state index contributed by atoms with van der Waals surface area (Å²) in [6.07, 6.45) is 0. The maximum atomic E-state index is 14.1. The third kappa shape index (κ3) is 2.52. The molecule has 0 spiro atoms. The van der Waals surface area contributed by atoms with Gasteiger partial charge in [0.15, 0.2) is 0 Å². The van der Waals surface area contributed by atoms with Crippen LogP contribution in [0.4, 0.5) is 0 Å². The van der Waals surface area contributed by atoms with Gasteiger partial charge in [-0.3, -0.25) is 0 Å². The van der Waals surface area contributed by atoms with Crippen LogP contribution in [0, 0.1) is 0 Å². The molecule has 6 aromatic carbocycles. The zero-order valence-corrected chi connectivity index (χ0v) is 18.1. The van der Waals surface area contributed by atoms with E-state index in [1.807, 2.05) is 12.1 Å². The highest BCUT2D eigenvalue weighted by Gasteiger charge is 2.20. The standard InChI is InChI=1S/C30H18OP/c31-32-29-17-23-11-5-3-9-21(23)15-27(29)25-13-19-7-1-2-8-20(19)14-26(25)28-16-22-10-4-6-12-24(22)18-30(28)32/h1-18H/q+1. The van der Waals surface area contributed by atoms with Crippen molar-refractivity contribution < 1.29 is 4.57 Å². The highest BCUT2D eigenvalue weighted by Crippen LogP contribution is 2.44. The average molecular weight is 425 g/mol. The molecule has 0 fully saturated rings. The molecule has 0 radical (unpaired) electrons. The molecule has 7 aromatic rings. The molecule has 1 heterocycles. The van der Waals surface area contributed by atoms with Crippen molar-refractivity contribution in [2.45, 2.75) is 0 Å². The van der Waals surface area contributed by atoms with Gasteiger partial charge in [-0.2, -0.15) is 0 Å². The predicted octanol–water partition coefficient (Wildman–Crippen LogP) is 9.35. The van der Waals surface area contributed by atoms with E-state index in [0.29, 0.717) is 0 Å². The minimum absolute atomic E-state index is 0.921. The molecular weight excluding hydrogens is 407 g/mol. The first-order valence-corrected chi connectivity index (χ1v) is 12.1. The lowest BCUT2D eigenvalue weighted by molar-refractivity contribution is 0.602. The van der Waals surface area contributed by atoms with Gasteiger partial charge >= 0.3 is 7.41 Å². The summed E-state index contributed by atoms with van der Waals surface area (Å²) in [4.78, 5) is 0. The van der Waals surface area contributed by atoms with Gasteiger partial charge in [0.05, 0.1) is 0 Å². The lowest BCUT2D eigenvalue weighted by Gasteiger charge is -2.04. The molecule has 0 bridgehead atoms. The summed E-state index contributed by atoms with van der Waals surface area (Å²) in [6.45, 7) is 0. The maximum Gasteiger partial charge on any atom is 0.416 e. The zero-order chi connectivity index (χ0) is 21.2. The van der Waals surface area contributed by atoms with Crippen LogP contribution in [0.25, 0.3) is 64.1 Å². The Kier molecular flexibility index (Phi) is 3.68. The molecule has 0 N–H and O–H groups in total. The lowest BCUT2D eigenvalue weighted by Crippen LogP contribution is -1.78. The van der Waals surface area contributed by atoms with Crippen molar-refractivity contribution in [3.63, 3.8) is 0 Å². The lowest BCUT2D eigenvalue weighted by atomic mass is 9.98. The Hall–Kier alpha value is -3.80. The smallest absolute Gasteiger partial charge is 0.0616 e. The Morgan fingerprint density at radius 3 is 1.00 bits per heavy atom. The normalized spacial score (nSPS) is 11.9. The highest BCUT2D eigenvalue weighted by atomic mass is 31.1. The SMILES string of the molecule is O=[p+]1c2cc3ccccc3cc2c2cc3ccccc3cc2c2cc3ccccc3cc21. The van der Waals surface area contributed by atoms with Crippen molar-refractivity contribution in [2.75, 3.05) is 0 Å². The molecule has 0 saturated carbocycles. The van der Waals surface area contributed by atoms with Crippen molar-refractivity contribution in [1.82, 2.24) is 0 Å². The van der Waals surface area contributed by atoms with Gasteiger partial charge in [0.2, 0.25) is 10.2 Å². The predicted molar refractivity (Wildman–Crippen MR) is 139 cm³/mol. The third-order valence-corrected chi connectivity index (χ3v) is 8.25. The molecule has 0 aliphatic heterocycles. The van der Waals surface area contributed by atoms with Gasteiger partial charge < -0.3 is 0 Å². The van der Waals surface area contributed by atoms with Gasteiger partial charge in [-0.1, -0.05) is 77.4 Å². The monoisotopic (exact) mass is 425 g/mol. The summed E-state index contributed by atoms with van der Waals surface area (Å²) in [5.74, 6) is 0. The zero-order valence-electron chi connectivity index (χ0n) is 17.2. The molecule has 0 aliphatic rings. The minimum Gasteiger partial charge on any atom is -0.0616 e. The van der Waals surface area contributed by atoms with Crippen LogP contribution in [0.2, 0.25) is 0 Å². The van der Waals surface area contributed by atoms with Crippen LogP contribution in [0.15, 0.2) is 109 Å². The highest BCUT2D eigenvalue weighted by molar-refractivity contribution is 7.49. The summed E-state index contributed by atoms with van der Waals surface area (Å²) in [7, 11) is -1.74. The molecule has 7 rings (SSSR count). The Bertz CT molecular complexity index is 1810. The minimum atomic E-state index is -1.74. The van der Waals surface area contributed by atoms with E-state index in [-0.39, 0.29) is 0 Å². The molecule has 1 nitrogen and oxygen atoms in total. The van der Waals surface area contributed by atoms with Crippen LogP contribution in [-0.4, -0.2) is 0 Å². The van der Waals surface area contributed by atoms with Crippen LogP contribution < -0.4 is 0 Å². The second-order valence-electron chi connectivity index (χ2n) is 8.47. The van der Waals surface area contributed by atoms with Crippen molar-refractivity contribution >= 4 is 71.5 Å². The first-order valence-electron chi connectivity index (χ1n) is 10.8. The van der Waals surface area contributed by atoms with E-state index < -0.39 is 7.41 Å². The first-order chi connectivity index (χ1) is 15.8. The Morgan fingerprint density at radius 1 is 0.375 bits per heavy atom. The molecule has 2 heteroatoms. The third-order valence-electron chi connectivity index (χ3n) is 6.63. The average Bonchev–Trinajstić information content (AvgIpc) is 2.93. The number of fused-ring (bicyclic) bond motifs is 8. The van der Waals surface area contributed by atoms with E-state index in [9.17, 15) is 4.57 Å². The van der Waals surface area contributed by atoms with Gasteiger partial charge in [0.25, 0.3) is 0 Å². The number of hydrogen-bond acceptors (Lipinski definition) is 1. The van der Waals surface area contributed by atoms with Crippen LogP contribution in [0.1, 0.15) is 0 Å². The van der Waals surface area contributed by atoms with Crippen molar-refractivity contribution in [3.8, 4) is 0 Å². The number of benzene rings is 6. The molecule has 0 atom stereocenters. The molecular formula is C30H18OP+.